The van der Waals surface area contributed by atoms with Crippen LogP contribution in [-0.4, -0.2) is 18.1 Å². The van der Waals surface area contributed by atoms with Gasteiger partial charge in [0, 0.05) is 11.8 Å². The normalized spacial score (nSPS) is 11.0. The lowest BCUT2D eigenvalue weighted by molar-refractivity contribution is -0.121. The Balaban J connectivity index is 2.93. The molecule has 5 nitrogen and oxygen atoms in total. The lowest BCUT2D eigenvalue weighted by Crippen LogP contribution is -2.45. The summed E-state index contributed by atoms with van der Waals surface area (Å²) < 4.78 is 5.37. The van der Waals surface area contributed by atoms with E-state index < -0.39 is 11.4 Å². The number of carbonyl (C=O) groups is 1. The summed E-state index contributed by atoms with van der Waals surface area (Å²) in [5.74, 6) is 0.171. The molecule has 0 aliphatic rings. The molecule has 0 fully saturated rings. The van der Waals surface area contributed by atoms with Gasteiger partial charge < -0.3 is 21.5 Å². The van der Waals surface area contributed by atoms with E-state index in [1.165, 1.54) is 0 Å². The average Bonchev–Trinajstić information content (AvgIpc) is 2.23. The first-order valence-electron chi connectivity index (χ1n) is 5.47. The van der Waals surface area contributed by atoms with E-state index in [1.807, 2.05) is 6.92 Å². The molecule has 0 bridgehead atoms. The molecule has 0 heterocycles. The fraction of sp³-hybridized carbons (Fsp3) is 0.417. The van der Waals surface area contributed by atoms with Gasteiger partial charge in [-0.15, -0.1) is 0 Å². The zero-order valence-electron chi connectivity index (χ0n) is 10.4. The molecule has 1 aromatic rings. The third-order valence-electron chi connectivity index (χ3n) is 2.39. The van der Waals surface area contributed by atoms with Crippen molar-refractivity contribution in [2.24, 2.45) is 5.73 Å². The molecule has 0 unspecified atom stereocenters. The molecule has 5 N–H and O–H groups in total. The topological polar surface area (TPSA) is 90.4 Å². The van der Waals surface area contributed by atoms with Crippen molar-refractivity contribution in [3.63, 3.8) is 0 Å². The first-order chi connectivity index (χ1) is 7.86. The monoisotopic (exact) mass is 237 g/mol. The summed E-state index contributed by atoms with van der Waals surface area (Å²) in [6.45, 7) is 5.85. The molecule has 1 rings (SSSR count). The van der Waals surface area contributed by atoms with Crippen molar-refractivity contribution in [1.29, 1.82) is 0 Å². The van der Waals surface area contributed by atoms with Crippen LogP contribution in [-0.2, 0) is 4.79 Å². The molecule has 1 amide bonds. The van der Waals surface area contributed by atoms with E-state index in [2.05, 4.69) is 5.32 Å². The minimum atomic E-state index is -0.820. The van der Waals surface area contributed by atoms with Gasteiger partial charge in [-0.2, -0.15) is 0 Å². The molecule has 0 saturated heterocycles. The molecular weight excluding hydrogens is 218 g/mol. The zero-order valence-corrected chi connectivity index (χ0v) is 10.4. The van der Waals surface area contributed by atoms with E-state index in [9.17, 15) is 4.79 Å². The van der Waals surface area contributed by atoms with Crippen LogP contribution in [0.5, 0.6) is 5.75 Å². The minimum Gasteiger partial charge on any atom is -0.492 e. The van der Waals surface area contributed by atoms with Crippen molar-refractivity contribution in [3.05, 3.63) is 18.2 Å². The Bertz CT molecular complexity index is 416. The summed E-state index contributed by atoms with van der Waals surface area (Å²) in [5, 5.41) is 3.03. The number of benzene rings is 1. The van der Waals surface area contributed by atoms with Gasteiger partial charge in [-0.3, -0.25) is 4.79 Å². The number of rotatable bonds is 5. The van der Waals surface area contributed by atoms with Gasteiger partial charge in [0.2, 0.25) is 5.91 Å². The van der Waals surface area contributed by atoms with Crippen molar-refractivity contribution in [2.75, 3.05) is 17.7 Å². The molecule has 17 heavy (non-hydrogen) atoms. The Kier molecular flexibility index (Phi) is 3.83. The molecule has 0 spiro atoms. The van der Waals surface area contributed by atoms with Crippen LogP contribution in [0.3, 0.4) is 0 Å². The van der Waals surface area contributed by atoms with E-state index >= 15 is 0 Å². The van der Waals surface area contributed by atoms with Gasteiger partial charge >= 0.3 is 0 Å². The molecule has 0 saturated carbocycles. The number of carbonyl (C=O) groups excluding carboxylic acids is 1. The lowest BCUT2D eigenvalue weighted by Gasteiger charge is -2.24. The number of ether oxygens (including phenoxy) is 1. The number of anilines is 2. The third-order valence-corrected chi connectivity index (χ3v) is 2.39. The summed E-state index contributed by atoms with van der Waals surface area (Å²) in [5.41, 5.74) is 11.5. The first-order valence-corrected chi connectivity index (χ1v) is 5.47. The number of amides is 1. The van der Waals surface area contributed by atoms with Crippen LogP contribution in [0.4, 0.5) is 11.4 Å². The number of nitrogens with two attached hydrogens (primary N) is 2. The maximum Gasteiger partial charge on any atom is 0.242 e. The second-order valence-corrected chi connectivity index (χ2v) is 4.30. The van der Waals surface area contributed by atoms with Gasteiger partial charge in [0.05, 0.1) is 12.3 Å². The van der Waals surface area contributed by atoms with Crippen LogP contribution >= 0.6 is 0 Å². The second kappa shape index (κ2) is 4.95. The molecule has 0 radical (unpaired) electrons. The van der Waals surface area contributed by atoms with Crippen molar-refractivity contribution in [1.82, 2.24) is 0 Å². The molecule has 0 aliphatic carbocycles. The van der Waals surface area contributed by atoms with E-state index in [-0.39, 0.29) is 0 Å². The van der Waals surface area contributed by atoms with Crippen molar-refractivity contribution in [2.45, 2.75) is 26.3 Å². The van der Waals surface area contributed by atoms with Crippen LogP contribution in [0.25, 0.3) is 0 Å². The maximum atomic E-state index is 11.2. The van der Waals surface area contributed by atoms with Crippen molar-refractivity contribution in [3.8, 4) is 5.75 Å². The molecule has 0 aromatic heterocycles. The van der Waals surface area contributed by atoms with Gasteiger partial charge in [-0.1, -0.05) is 0 Å². The van der Waals surface area contributed by atoms with E-state index in [0.29, 0.717) is 18.0 Å². The number of hydrogen-bond donors (Lipinski definition) is 3. The smallest absolute Gasteiger partial charge is 0.242 e. The highest BCUT2D eigenvalue weighted by molar-refractivity contribution is 5.87. The second-order valence-electron chi connectivity index (χ2n) is 4.30. The predicted octanol–water partition coefficient (Wildman–Crippen LogP) is 1.34. The fourth-order valence-corrected chi connectivity index (χ4v) is 1.32. The summed E-state index contributed by atoms with van der Waals surface area (Å²) in [6.07, 6.45) is 0. The van der Waals surface area contributed by atoms with Gasteiger partial charge in [-0.25, -0.2) is 0 Å². The van der Waals surface area contributed by atoms with E-state index in [0.717, 1.165) is 5.69 Å². The highest BCUT2D eigenvalue weighted by Crippen LogP contribution is 2.27. The van der Waals surface area contributed by atoms with Gasteiger partial charge in [0.1, 0.15) is 11.3 Å². The van der Waals surface area contributed by atoms with Gasteiger partial charge in [-0.05, 0) is 32.9 Å². The summed E-state index contributed by atoms with van der Waals surface area (Å²) in [7, 11) is 0. The van der Waals surface area contributed by atoms with Crippen LogP contribution in [0.15, 0.2) is 18.2 Å². The number of primary amides is 1. The summed E-state index contributed by atoms with van der Waals surface area (Å²) in [4.78, 5) is 11.2. The molecule has 0 aliphatic heterocycles. The Hall–Kier alpha value is -1.91. The molecular formula is C12H19N3O2. The minimum absolute atomic E-state index is 0.424. The maximum absolute atomic E-state index is 11.2. The molecule has 94 valence electrons. The quantitative estimate of drug-likeness (QED) is 0.674. The number of nitrogens with one attached hydrogen (secondary N) is 1. The third kappa shape index (κ3) is 3.27. The number of nitrogen functional groups attached to an aromatic ring is 1. The summed E-state index contributed by atoms with van der Waals surface area (Å²) in [6, 6.07) is 5.26. The SMILES string of the molecule is CCOc1cc(NC(C)(C)C(N)=O)ccc1N. The molecule has 1 aromatic carbocycles. The Morgan fingerprint density at radius 2 is 2.12 bits per heavy atom. The lowest BCUT2D eigenvalue weighted by atomic mass is 10.0. The van der Waals surface area contributed by atoms with E-state index in [4.69, 9.17) is 16.2 Å². The largest absolute Gasteiger partial charge is 0.492 e. The molecule has 5 heteroatoms. The van der Waals surface area contributed by atoms with Gasteiger partial charge in [0.15, 0.2) is 0 Å². The Morgan fingerprint density at radius 3 is 2.65 bits per heavy atom. The van der Waals surface area contributed by atoms with Gasteiger partial charge in [0.25, 0.3) is 0 Å². The number of hydrogen-bond acceptors (Lipinski definition) is 4. The Labute approximate surface area is 101 Å². The Morgan fingerprint density at radius 1 is 1.47 bits per heavy atom. The fourth-order valence-electron chi connectivity index (χ4n) is 1.32. The zero-order chi connectivity index (χ0) is 13.1. The first kappa shape index (κ1) is 13.2. The van der Waals surface area contributed by atoms with Crippen LogP contribution in [0, 0.1) is 0 Å². The van der Waals surface area contributed by atoms with Crippen LogP contribution < -0.4 is 21.5 Å². The highest BCUT2D eigenvalue weighted by Gasteiger charge is 2.24. The van der Waals surface area contributed by atoms with Crippen LogP contribution in [0.1, 0.15) is 20.8 Å². The average molecular weight is 237 g/mol. The van der Waals surface area contributed by atoms with E-state index in [1.54, 1.807) is 32.0 Å². The van der Waals surface area contributed by atoms with Crippen molar-refractivity contribution < 1.29 is 9.53 Å². The molecule has 0 atom stereocenters. The predicted molar refractivity (Wildman–Crippen MR) is 68.9 cm³/mol. The standard InChI is InChI=1S/C12H19N3O2/c1-4-17-10-7-8(5-6-9(10)13)15-12(2,3)11(14)16/h5-7,15H,4,13H2,1-3H3,(H2,14,16). The summed E-state index contributed by atoms with van der Waals surface area (Å²) >= 11 is 0. The van der Waals surface area contributed by atoms with Crippen LogP contribution in [0.2, 0.25) is 0 Å². The highest BCUT2D eigenvalue weighted by atomic mass is 16.5. The van der Waals surface area contributed by atoms with Crippen molar-refractivity contribution >= 4 is 17.3 Å².